The van der Waals surface area contributed by atoms with Gasteiger partial charge in [-0.2, -0.15) is 0 Å². The largest absolute Gasteiger partial charge is 0.396 e. The maximum Gasteiger partial charge on any atom is 0.0585 e. The summed E-state index contributed by atoms with van der Waals surface area (Å²) >= 11 is 0. The Balaban J connectivity index is 3.29. The molecule has 0 rings (SSSR count). The Hall–Kier alpha value is -0.380. The molecule has 0 amide bonds. The molecular weight excluding hydrogens is 130 g/mol. The normalized spacial score (nSPS) is 13.0. The van der Waals surface area contributed by atoms with Crippen molar-refractivity contribution < 1.29 is 10.2 Å². The van der Waals surface area contributed by atoms with Gasteiger partial charge in [0.15, 0.2) is 0 Å². The van der Waals surface area contributed by atoms with E-state index in [4.69, 9.17) is 10.2 Å². The second kappa shape index (κ2) is 6.74. The zero-order valence-corrected chi connectivity index (χ0v) is 6.08. The average molecular weight is 145 g/mol. The van der Waals surface area contributed by atoms with Gasteiger partial charge in [0.05, 0.1) is 6.61 Å². The van der Waals surface area contributed by atoms with Gasteiger partial charge in [-0.05, 0) is 6.42 Å². The fourth-order valence-corrected chi connectivity index (χ4v) is 0.664. The summed E-state index contributed by atoms with van der Waals surface area (Å²) in [5.74, 6) is 0. The topological polar surface area (TPSA) is 52.5 Å². The molecular formula is C7H15NO2. The summed E-state index contributed by atoms with van der Waals surface area (Å²) in [5.41, 5.74) is 0. The highest BCUT2D eigenvalue weighted by Crippen LogP contribution is 1.87. The van der Waals surface area contributed by atoms with Gasteiger partial charge >= 0.3 is 0 Å². The maximum absolute atomic E-state index is 8.68. The molecule has 0 aromatic rings. The number of aliphatic hydroxyl groups is 2. The molecule has 10 heavy (non-hydrogen) atoms. The van der Waals surface area contributed by atoms with Crippen LogP contribution in [0.5, 0.6) is 0 Å². The van der Waals surface area contributed by atoms with Gasteiger partial charge in [0, 0.05) is 19.2 Å². The van der Waals surface area contributed by atoms with E-state index in [0.29, 0.717) is 13.0 Å². The Kier molecular flexibility index (Phi) is 6.48. The van der Waals surface area contributed by atoms with Gasteiger partial charge in [-0.25, -0.2) is 0 Å². The second-order valence-electron chi connectivity index (χ2n) is 2.09. The fourth-order valence-electron chi connectivity index (χ4n) is 0.664. The van der Waals surface area contributed by atoms with Crippen LogP contribution in [0.25, 0.3) is 0 Å². The first-order chi connectivity index (χ1) is 4.85. The van der Waals surface area contributed by atoms with E-state index < -0.39 is 0 Å². The van der Waals surface area contributed by atoms with Crippen LogP contribution in [0.3, 0.4) is 0 Å². The quantitative estimate of drug-likeness (QED) is 0.442. The molecule has 0 aliphatic heterocycles. The molecule has 3 N–H and O–H groups in total. The SMILES string of the molecule is C=CCNC(CO)CCO. The van der Waals surface area contributed by atoms with Crippen molar-refractivity contribution in [2.45, 2.75) is 12.5 Å². The van der Waals surface area contributed by atoms with Gasteiger partial charge < -0.3 is 15.5 Å². The number of aliphatic hydroxyl groups excluding tert-OH is 2. The van der Waals surface area contributed by atoms with E-state index in [-0.39, 0.29) is 19.3 Å². The van der Waals surface area contributed by atoms with Crippen molar-refractivity contribution in [2.24, 2.45) is 0 Å². The Labute approximate surface area is 61.4 Å². The zero-order valence-electron chi connectivity index (χ0n) is 6.08. The number of nitrogens with one attached hydrogen (secondary N) is 1. The van der Waals surface area contributed by atoms with Crippen LogP contribution < -0.4 is 5.32 Å². The lowest BCUT2D eigenvalue weighted by Crippen LogP contribution is -2.33. The van der Waals surface area contributed by atoms with Crippen LogP contribution in [0.4, 0.5) is 0 Å². The molecule has 0 spiro atoms. The number of rotatable bonds is 6. The lowest BCUT2D eigenvalue weighted by atomic mass is 10.2. The summed E-state index contributed by atoms with van der Waals surface area (Å²) in [5, 5.41) is 20.2. The Morgan fingerprint density at radius 2 is 2.20 bits per heavy atom. The van der Waals surface area contributed by atoms with Crippen molar-refractivity contribution in [2.75, 3.05) is 19.8 Å². The molecule has 0 aliphatic carbocycles. The van der Waals surface area contributed by atoms with E-state index in [0.717, 1.165) is 0 Å². The van der Waals surface area contributed by atoms with E-state index in [9.17, 15) is 0 Å². The minimum Gasteiger partial charge on any atom is -0.396 e. The number of hydrogen-bond donors (Lipinski definition) is 3. The zero-order chi connectivity index (χ0) is 7.82. The molecule has 0 aromatic carbocycles. The van der Waals surface area contributed by atoms with Crippen LogP contribution in [0, 0.1) is 0 Å². The van der Waals surface area contributed by atoms with Crippen LogP contribution in [-0.4, -0.2) is 36.0 Å². The van der Waals surface area contributed by atoms with Crippen molar-refractivity contribution in [3.8, 4) is 0 Å². The molecule has 3 nitrogen and oxygen atoms in total. The molecule has 1 unspecified atom stereocenters. The van der Waals surface area contributed by atoms with Gasteiger partial charge in [0.2, 0.25) is 0 Å². The van der Waals surface area contributed by atoms with E-state index in [1.54, 1.807) is 6.08 Å². The van der Waals surface area contributed by atoms with Gasteiger partial charge in [-0.1, -0.05) is 6.08 Å². The molecule has 0 saturated carbocycles. The first-order valence-corrected chi connectivity index (χ1v) is 3.41. The monoisotopic (exact) mass is 145 g/mol. The summed E-state index contributed by atoms with van der Waals surface area (Å²) < 4.78 is 0. The molecule has 0 saturated heterocycles. The summed E-state index contributed by atoms with van der Waals surface area (Å²) in [6.45, 7) is 4.36. The highest BCUT2D eigenvalue weighted by molar-refractivity contribution is 4.74. The highest BCUT2D eigenvalue weighted by Gasteiger charge is 2.02. The molecule has 0 bridgehead atoms. The minimum absolute atomic E-state index is 0.00278. The predicted octanol–water partition coefficient (Wildman–Crippen LogP) is -0.495. The summed E-state index contributed by atoms with van der Waals surface area (Å²) in [4.78, 5) is 0. The van der Waals surface area contributed by atoms with Crippen LogP contribution in [0.1, 0.15) is 6.42 Å². The summed E-state index contributed by atoms with van der Waals surface area (Å²) in [6, 6.07) is 0.00278. The van der Waals surface area contributed by atoms with Crippen LogP contribution in [0.2, 0.25) is 0 Å². The second-order valence-corrected chi connectivity index (χ2v) is 2.09. The molecule has 0 aromatic heterocycles. The Morgan fingerprint density at radius 1 is 1.50 bits per heavy atom. The van der Waals surface area contributed by atoms with Crippen LogP contribution in [0.15, 0.2) is 12.7 Å². The average Bonchev–Trinajstić information content (AvgIpc) is 1.98. The molecule has 1 atom stereocenters. The third-order valence-corrected chi connectivity index (χ3v) is 1.25. The lowest BCUT2D eigenvalue weighted by Gasteiger charge is -2.12. The van der Waals surface area contributed by atoms with E-state index in [1.165, 1.54) is 0 Å². The molecule has 0 radical (unpaired) electrons. The summed E-state index contributed by atoms with van der Waals surface area (Å²) in [6.07, 6.45) is 2.31. The molecule has 60 valence electrons. The van der Waals surface area contributed by atoms with Crippen molar-refractivity contribution in [3.05, 3.63) is 12.7 Å². The standard InChI is InChI=1S/C7H15NO2/c1-2-4-8-7(6-10)3-5-9/h2,7-10H,1,3-6H2. The fraction of sp³-hybridized carbons (Fsp3) is 0.714. The van der Waals surface area contributed by atoms with Gasteiger partial charge in [0.25, 0.3) is 0 Å². The Morgan fingerprint density at radius 3 is 2.60 bits per heavy atom. The van der Waals surface area contributed by atoms with Crippen LogP contribution >= 0.6 is 0 Å². The number of hydrogen-bond acceptors (Lipinski definition) is 3. The van der Waals surface area contributed by atoms with Crippen molar-refractivity contribution in [3.63, 3.8) is 0 Å². The maximum atomic E-state index is 8.68. The van der Waals surface area contributed by atoms with E-state index in [2.05, 4.69) is 11.9 Å². The molecule has 3 heteroatoms. The third kappa shape index (κ3) is 4.49. The highest BCUT2D eigenvalue weighted by atomic mass is 16.3. The molecule has 0 heterocycles. The van der Waals surface area contributed by atoms with Crippen LogP contribution in [-0.2, 0) is 0 Å². The molecule has 0 aliphatic rings. The van der Waals surface area contributed by atoms with Gasteiger partial charge in [-0.15, -0.1) is 6.58 Å². The predicted molar refractivity (Wildman–Crippen MR) is 40.8 cm³/mol. The lowest BCUT2D eigenvalue weighted by molar-refractivity contribution is 0.203. The van der Waals surface area contributed by atoms with Crippen molar-refractivity contribution in [1.82, 2.24) is 5.32 Å². The first kappa shape index (κ1) is 9.62. The van der Waals surface area contributed by atoms with Gasteiger partial charge in [-0.3, -0.25) is 0 Å². The summed E-state index contributed by atoms with van der Waals surface area (Å²) in [7, 11) is 0. The van der Waals surface area contributed by atoms with E-state index in [1.807, 2.05) is 0 Å². The van der Waals surface area contributed by atoms with Crippen molar-refractivity contribution >= 4 is 0 Å². The Bertz CT molecular complexity index is 85.7. The minimum atomic E-state index is 0.00278. The first-order valence-electron chi connectivity index (χ1n) is 3.41. The molecule has 0 fully saturated rings. The van der Waals surface area contributed by atoms with Crippen molar-refractivity contribution in [1.29, 1.82) is 0 Å². The third-order valence-electron chi connectivity index (χ3n) is 1.25. The smallest absolute Gasteiger partial charge is 0.0585 e. The van der Waals surface area contributed by atoms with Gasteiger partial charge in [0.1, 0.15) is 0 Å². The van der Waals surface area contributed by atoms with E-state index >= 15 is 0 Å².